The first-order valence-corrected chi connectivity index (χ1v) is 9.12. The number of nitrogens with one attached hydrogen (secondary N) is 1. The van der Waals surface area contributed by atoms with Crippen molar-refractivity contribution in [3.63, 3.8) is 0 Å². The van der Waals surface area contributed by atoms with Crippen molar-refractivity contribution in [2.75, 3.05) is 6.54 Å². The van der Waals surface area contributed by atoms with E-state index in [-0.39, 0.29) is 18.4 Å². The SMILES string of the molecule is Cc1n[nH]c(C)c1C1CCCCCN1C(=O)CC(O)c1ccccc1. The molecule has 0 radical (unpaired) electrons. The second-order valence-electron chi connectivity index (χ2n) is 6.93. The minimum Gasteiger partial charge on any atom is -0.388 e. The molecule has 0 bridgehead atoms. The highest BCUT2D eigenvalue weighted by Gasteiger charge is 2.31. The topological polar surface area (TPSA) is 69.2 Å². The van der Waals surface area contributed by atoms with Gasteiger partial charge in [0.25, 0.3) is 0 Å². The van der Waals surface area contributed by atoms with Crippen LogP contribution in [0.3, 0.4) is 0 Å². The van der Waals surface area contributed by atoms with Gasteiger partial charge in [0, 0.05) is 17.8 Å². The lowest BCUT2D eigenvalue weighted by Crippen LogP contribution is -2.36. The number of aromatic amines is 1. The van der Waals surface area contributed by atoms with Crippen molar-refractivity contribution in [2.24, 2.45) is 0 Å². The molecule has 2 N–H and O–H groups in total. The van der Waals surface area contributed by atoms with Crippen molar-refractivity contribution < 1.29 is 9.90 Å². The van der Waals surface area contributed by atoms with Gasteiger partial charge in [-0.15, -0.1) is 0 Å². The first-order chi connectivity index (χ1) is 12.1. The Balaban J connectivity index is 1.80. The summed E-state index contributed by atoms with van der Waals surface area (Å²) in [6, 6.07) is 9.46. The van der Waals surface area contributed by atoms with Gasteiger partial charge in [0.1, 0.15) is 0 Å². The van der Waals surface area contributed by atoms with E-state index in [0.29, 0.717) is 0 Å². The van der Waals surface area contributed by atoms with E-state index < -0.39 is 6.10 Å². The molecule has 1 aromatic heterocycles. The van der Waals surface area contributed by atoms with Crippen LogP contribution in [0.25, 0.3) is 0 Å². The maximum Gasteiger partial charge on any atom is 0.226 e. The molecule has 1 aliphatic heterocycles. The van der Waals surface area contributed by atoms with Gasteiger partial charge in [0.15, 0.2) is 0 Å². The predicted octanol–water partition coefficient (Wildman–Crippen LogP) is 3.59. The fraction of sp³-hybridized carbons (Fsp3) is 0.500. The fourth-order valence-electron chi connectivity index (χ4n) is 3.83. The van der Waals surface area contributed by atoms with Crippen molar-refractivity contribution in [3.8, 4) is 0 Å². The molecule has 2 heterocycles. The number of hydrogen-bond acceptors (Lipinski definition) is 3. The van der Waals surface area contributed by atoms with E-state index in [1.54, 1.807) is 0 Å². The zero-order valence-corrected chi connectivity index (χ0v) is 15.0. The fourth-order valence-corrected chi connectivity index (χ4v) is 3.83. The van der Waals surface area contributed by atoms with Gasteiger partial charge in [-0.1, -0.05) is 43.2 Å². The Hall–Kier alpha value is -2.14. The van der Waals surface area contributed by atoms with Crippen LogP contribution in [0.5, 0.6) is 0 Å². The van der Waals surface area contributed by atoms with Crippen LogP contribution >= 0.6 is 0 Å². The lowest BCUT2D eigenvalue weighted by atomic mass is 9.98. The predicted molar refractivity (Wildman–Crippen MR) is 97.0 cm³/mol. The molecule has 0 aliphatic carbocycles. The van der Waals surface area contributed by atoms with Gasteiger partial charge in [0.2, 0.25) is 5.91 Å². The van der Waals surface area contributed by atoms with Gasteiger partial charge < -0.3 is 10.0 Å². The normalized spacial score (nSPS) is 19.5. The van der Waals surface area contributed by atoms with Gasteiger partial charge >= 0.3 is 0 Å². The van der Waals surface area contributed by atoms with E-state index in [4.69, 9.17) is 0 Å². The molecular formula is C20H27N3O2. The van der Waals surface area contributed by atoms with Crippen molar-refractivity contribution in [1.82, 2.24) is 15.1 Å². The molecule has 5 heteroatoms. The number of rotatable bonds is 4. The molecule has 0 spiro atoms. The van der Waals surface area contributed by atoms with Crippen molar-refractivity contribution >= 4 is 5.91 Å². The van der Waals surface area contributed by atoms with E-state index in [1.807, 2.05) is 49.1 Å². The van der Waals surface area contributed by atoms with Crippen LogP contribution in [0.1, 0.15) is 66.8 Å². The van der Waals surface area contributed by atoms with E-state index >= 15 is 0 Å². The number of carbonyl (C=O) groups is 1. The second-order valence-corrected chi connectivity index (χ2v) is 6.93. The molecule has 1 saturated heterocycles. The molecule has 1 fully saturated rings. The van der Waals surface area contributed by atoms with E-state index in [1.165, 1.54) is 0 Å². The number of aliphatic hydroxyl groups excluding tert-OH is 1. The molecule has 2 atom stereocenters. The van der Waals surface area contributed by atoms with Gasteiger partial charge in [-0.3, -0.25) is 9.89 Å². The van der Waals surface area contributed by atoms with Crippen molar-refractivity contribution in [1.29, 1.82) is 0 Å². The van der Waals surface area contributed by atoms with Gasteiger partial charge in [-0.2, -0.15) is 5.10 Å². The summed E-state index contributed by atoms with van der Waals surface area (Å²) in [7, 11) is 0. The standard InChI is InChI=1S/C20H27N3O2/c1-14-20(15(2)22-21-14)17-11-7-4-8-12-23(17)19(25)13-18(24)16-9-5-3-6-10-16/h3,5-6,9-10,17-18,24H,4,7-8,11-13H2,1-2H3,(H,21,22). The highest BCUT2D eigenvalue weighted by Crippen LogP contribution is 2.34. The average Bonchev–Trinajstić information content (AvgIpc) is 2.82. The Morgan fingerprint density at radius 2 is 2.04 bits per heavy atom. The molecule has 1 amide bonds. The summed E-state index contributed by atoms with van der Waals surface area (Å²) in [4.78, 5) is 15.0. The molecular weight excluding hydrogens is 314 g/mol. The highest BCUT2D eigenvalue weighted by molar-refractivity contribution is 5.77. The van der Waals surface area contributed by atoms with Crippen molar-refractivity contribution in [3.05, 3.63) is 52.8 Å². The highest BCUT2D eigenvalue weighted by atomic mass is 16.3. The summed E-state index contributed by atoms with van der Waals surface area (Å²) in [5, 5.41) is 17.8. The Labute approximate surface area is 149 Å². The summed E-state index contributed by atoms with van der Waals surface area (Å²) in [5.41, 5.74) is 3.93. The number of benzene rings is 1. The summed E-state index contributed by atoms with van der Waals surface area (Å²) in [6.07, 6.45) is 3.57. The Kier molecular flexibility index (Phi) is 5.53. The summed E-state index contributed by atoms with van der Waals surface area (Å²) < 4.78 is 0. The van der Waals surface area contributed by atoms with Crippen LogP contribution < -0.4 is 0 Å². The Morgan fingerprint density at radius 3 is 2.72 bits per heavy atom. The molecule has 5 nitrogen and oxygen atoms in total. The van der Waals surface area contributed by atoms with E-state index in [0.717, 1.165) is 54.7 Å². The van der Waals surface area contributed by atoms with E-state index in [2.05, 4.69) is 10.2 Å². The molecule has 2 unspecified atom stereocenters. The molecule has 2 aromatic rings. The van der Waals surface area contributed by atoms with Gasteiger partial charge in [0.05, 0.1) is 24.3 Å². The van der Waals surface area contributed by atoms with E-state index in [9.17, 15) is 9.90 Å². The first kappa shape index (κ1) is 17.7. The number of amides is 1. The van der Waals surface area contributed by atoms with Crippen LogP contribution in [-0.4, -0.2) is 32.7 Å². The first-order valence-electron chi connectivity index (χ1n) is 9.12. The molecule has 1 aliphatic rings. The third-order valence-electron chi connectivity index (χ3n) is 5.14. The number of H-pyrrole nitrogens is 1. The number of aryl methyl sites for hydroxylation is 2. The van der Waals surface area contributed by atoms with Gasteiger partial charge in [-0.25, -0.2) is 0 Å². The van der Waals surface area contributed by atoms with Crippen LogP contribution in [-0.2, 0) is 4.79 Å². The number of hydrogen-bond donors (Lipinski definition) is 2. The van der Waals surface area contributed by atoms with Crippen LogP contribution in [0.15, 0.2) is 30.3 Å². The van der Waals surface area contributed by atoms with Crippen LogP contribution in [0, 0.1) is 13.8 Å². The zero-order chi connectivity index (χ0) is 17.8. The molecule has 134 valence electrons. The zero-order valence-electron chi connectivity index (χ0n) is 15.0. The molecule has 0 saturated carbocycles. The summed E-state index contributed by atoms with van der Waals surface area (Å²) in [6.45, 7) is 4.75. The quantitative estimate of drug-likeness (QED) is 0.893. The number of aliphatic hydroxyl groups is 1. The summed E-state index contributed by atoms with van der Waals surface area (Å²) >= 11 is 0. The maximum absolute atomic E-state index is 13.0. The van der Waals surface area contributed by atoms with Crippen LogP contribution in [0.2, 0.25) is 0 Å². The lowest BCUT2D eigenvalue weighted by Gasteiger charge is -2.31. The minimum atomic E-state index is -0.760. The van der Waals surface area contributed by atoms with Crippen molar-refractivity contribution in [2.45, 2.75) is 58.1 Å². The van der Waals surface area contributed by atoms with Crippen LogP contribution in [0.4, 0.5) is 0 Å². The average molecular weight is 341 g/mol. The largest absolute Gasteiger partial charge is 0.388 e. The maximum atomic E-state index is 13.0. The monoisotopic (exact) mass is 341 g/mol. The smallest absolute Gasteiger partial charge is 0.226 e. The number of carbonyl (C=O) groups excluding carboxylic acids is 1. The second kappa shape index (κ2) is 7.83. The molecule has 1 aromatic carbocycles. The Morgan fingerprint density at radius 1 is 1.28 bits per heavy atom. The number of aromatic nitrogens is 2. The number of likely N-dealkylation sites (tertiary alicyclic amines) is 1. The molecule has 25 heavy (non-hydrogen) atoms. The Bertz CT molecular complexity index is 691. The minimum absolute atomic E-state index is 0.0169. The van der Waals surface area contributed by atoms with Gasteiger partial charge in [-0.05, 0) is 32.3 Å². The third kappa shape index (κ3) is 3.93. The molecule has 3 rings (SSSR count). The number of nitrogens with zero attached hydrogens (tertiary/aromatic N) is 2. The third-order valence-corrected chi connectivity index (χ3v) is 5.14. The lowest BCUT2D eigenvalue weighted by molar-refractivity contribution is -0.135. The summed E-state index contributed by atoms with van der Waals surface area (Å²) in [5.74, 6) is 0.0169.